The average Bonchev–Trinajstić information content (AvgIpc) is 2.19. The third kappa shape index (κ3) is 3.27. The van der Waals surface area contributed by atoms with Gasteiger partial charge in [-0.05, 0) is 33.0 Å². The fraction of sp³-hybridized carbons (Fsp3) is 0.889. The lowest BCUT2D eigenvalue weighted by molar-refractivity contribution is -0.270. The van der Waals surface area contributed by atoms with E-state index in [0.29, 0.717) is 25.9 Å². The maximum Gasteiger partial charge on any atom is 0.463 e. The van der Waals surface area contributed by atoms with Gasteiger partial charge in [0.1, 0.15) is 0 Å². The fourth-order valence-corrected chi connectivity index (χ4v) is 1.56. The van der Waals surface area contributed by atoms with E-state index >= 15 is 0 Å². The Hall–Kier alpha value is -0.920. The average molecular weight is 260 g/mol. The van der Waals surface area contributed by atoms with Gasteiger partial charge in [-0.25, -0.2) is 0 Å². The van der Waals surface area contributed by atoms with Gasteiger partial charge in [0.25, 0.3) is 0 Å². The molecule has 0 unspecified atom stereocenters. The van der Waals surface area contributed by atoms with Crippen LogP contribution < -0.4 is 5.32 Å². The number of carbonyl (C=O) groups is 1. The first kappa shape index (κ1) is 14.1. The second-order valence-corrected chi connectivity index (χ2v) is 4.12. The normalized spacial score (nSPS) is 20.4. The molecule has 0 aromatic rings. The van der Waals surface area contributed by atoms with Gasteiger partial charge in [-0.15, -0.1) is 0 Å². The molecule has 1 heterocycles. The van der Waals surface area contributed by atoms with Gasteiger partial charge in [-0.1, -0.05) is 0 Å². The molecule has 1 aliphatic rings. The SMILES string of the molecule is CN1CCC(NC(=O)C(F)(F)C(F)(F)F)CC1. The molecule has 1 aliphatic heterocycles. The molecule has 1 saturated heterocycles. The van der Waals surface area contributed by atoms with E-state index in [1.54, 1.807) is 5.32 Å². The molecule has 1 rings (SSSR count). The van der Waals surface area contributed by atoms with Gasteiger partial charge in [0.15, 0.2) is 0 Å². The second kappa shape index (κ2) is 4.75. The van der Waals surface area contributed by atoms with E-state index in [1.165, 1.54) is 0 Å². The Morgan fingerprint density at radius 3 is 2.06 bits per heavy atom. The van der Waals surface area contributed by atoms with Crippen LogP contribution in [0.4, 0.5) is 22.0 Å². The number of carbonyl (C=O) groups excluding carboxylic acids is 1. The number of halogens is 5. The van der Waals surface area contributed by atoms with Crippen LogP contribution in [0.2, 0.25) is 0 Å². The number of hydrogen-bond acceptors (Lipinski definition) is 2. The van der Waals surface area contributed by atoms with E-state index < -0.39 is 24.0 Å². The lowest BCUT2D eigenvalue weighted by atomic mass is 10.1. The molecular formula is C9H13F5N2O. The molecule has 1 N–H and O–H groups in total. The number of nitrogens with one attached hydrogen (secondary N) is 1. The molecule has 0 aliphatic carbocycles. The highest BCUT2D eigenvalue weighted by Crippen LogP contribution is 2.35. The van der Waals surface area contributed by atoms with Crippen molar-refractivity contribution in [3.8, 4) is 0 Å². The maximum absolute atomic E-state index is 12.6. The number of alkyl halides is 5. The zero-order valence-corrected chi connectivity index (χ0v) is 9.15. The van der Waals surface area contributed by atoms with Crippen molar-refractivity contribution in [3.05, 3.63) is 0 Å². The van der Waals surface area contributed by atoms with Crippen molar-refractivity contribution in [3.63, 3.8) is 0 Å². The summed E-state index contributed by atoms with van der Waals surface area (Å²) in [4.78, 5) is 12.8. The van der Waals surface area contributed by atoms with Crippen molar-refractivity contribution in [1.82, 2.24) is 10.2 Å². The summed E-state index contributed by atoms with van der Waals surface area (Å²) in [5.41, 5.74) is 0. The van der Waals surface area contributed by atoms with Crippen LogP contribution in [0.3, 0.4) is 0 Å². The molecule has 0 aromatic heterocycles. The molecule has 17 heavy (non-hydrogen) atoms. The van der Waals surface area contributed by atoms with Crippen LogP contribution in [0.15, 0.2) is 0 Å². The van der Waals surface area contributed by atoms with Crippen LogP contribution in [-0.4, -0.2) is 49.1 Å². The van der Waals surface area contributed by atoms with E-state index in [4.69, 9.17) is 0 Å². The van der Waals surface area contributed by atoms with E-state index in [2.05, 4.69) is 0 Å². The Morgan fingerprint density at radius 1 is 1.18 bits per heavy atom. The van der Waals surface area contributed by atoms with Gasteiger partial charge in [0, 0.05) is 6.04 Å². The fourth-order valence-electron chi connectivity index (χ4n) is 1.56. The lowest BCUT2D eigenvalue weighted by Crippen LogP contribution is -2.54. The summed E-state index contributed by atoms with van der Waals surface area (Å²) in [5.74, 6) is -7.59. The zero-order chi connectivity index (χ0) is 13.3. The van der Waals surface area contributed by atoms with E-state index in [0.717, 1.165) is 0 Å². The molecule has 0 radical (unpaired) electrons. The van der Waals surface area contributed by atoms with Crippen LogP contribution in [0.1, 0.15) is 12.8 Å². The van der Waals surface area contributed by atoms with Crippen LogP contribution in [0, 0.1) is 0 Å². The number of likely N-dealkylation sites (tertiary alicyclic amines) is 1. The Bertz CT molecular complexity index is 284. The Kier molecular flexibility index (Phi) is 3.95. The molecule has 0 bridgehead atoms. The van der Waals surface area contributed by atoms with Gasteiger partial charge in [0.2, 0.25) is 0 Å². The molecular weight excluding hydrogens is 247 g/mol. The van der Waals surface area contributed by atoms with Crippen molar-refractivity contribution in [2.75, 3.05) is 20.1 Å². The van der Waals surface area contributed by atoms with Crippen molar-refractivity contribution < 1.29 is 26.7 Å². The number of piperidine rings is 1. The minimum absolute atomic E-state index is 0.371. The predicted octanol–water partition coefficient (Wildman–Crippen LogP) is 1.39. The van der Waals surface area contributed by atoms with Gasteiger partial charge in [0.05, 0.1) is 0 Å². The molecule has 0 atom stereocenters. The maximum atomic E-state index is 12.6. The first-order valence-corrected chi connectivity index (χ1v) is 5.08. The minimum atomic E-state index is -5.84. The Morgan fingerprint density at radius 2 is 1.65 bits per heavy atom. The highest BCUT2D eigenvalue weighted by atomic mass is 19.4. The summed E-state index contributed by atoms with van der Waals surface area (Å²) in [6.45, 7) is 1.12. The van der Waals surface area contributed by atoms with Crippen molar-refractivity contribution >= 4 is 5.91 Å². The smallest absolute Gasteiger partial charge is 0.348 e. The molecule has 8 heteroatoms. The summed E-state index contributed by atoms with van der Waals surface area (Å²) < 4.78 is 60.9. The third-order valence-electron chi connectivity index (χ3n) is 2.69. The summed E-state index contributed by atoms with van der Waals surface area (Å²) in [6.07, 6.45) is -5.10. The quantitative estimate of drug-likeness (QED) is 0.761. The molecule has 3 nitrogen and oxygen atoms in total. The van der Waals surface area contributed by atoms with Crippen LogP contribution in [0.5, 0.6) is 0 Å². The van der Waals surface area contributed by atoms with Gasteiger partial charge in [-0.3, -0.25) is 4.79 Å². The molecule has 1 fully saturated rings. The van der Waals surface area contributed by atoms with Crippen LogP contribution >= 0.6 is 0 Å². The number of nitrogens with zero attached hydrogens (tertiary/aromatic N) is 1. The summed E-state index contributed by atoms with van der Waals surface area (Å²) in [7, 11) is 1.81. The highest BCUT2D eigenvalue weighted by Gasteiger charge is 2.63. The van der Waals surface area contributed by atoms with Crippen LogP contribution in [0.25, 0.3) is 0 Å². The zero-order valence-electron chi connectivity index (χ0n) is 9.15. The predicted molar refractivity (Wildman–Crippen MR) is 49.7 cm³/mol. The van der Waals surface area contributed by atoms with E-state index in [9.17, 15) is 26.7 Å². The molecule has 0 saturated carbocycles. The first-order chi connectivity index (χ1) is 7.64. The van der Waals surface area contributed by atoms with E-state index in [1.807, 2.05) is 11.9 Å². The Labute approximate surface area is 95.0 Å². The standard InChI is InChI=1S/C9H13F5N2O/c1-16-4-2-6(3-5-16)15-7(17)8(10,11)9(12,13)14/h6H,2-5H2,1H3,(H,15,17). The van der Waals surface area contributed by atoms with E-state index in [-0.39, 0.29) is 0 Å². The second-order valence-electron chi connectivity index (χ2n) is 4.12. The van der Waals surface area contributed by atoms with Gasteiger partial charge < -0.3 is 10.2 Å². The minimum Gasteiger partial charge on any atom is -0.348 e. The van der Waals surface area contributed by atoms with Crippen molar-refractivity contribution in [1.29, 1.82) is 0 Å². The third-order valence-corrected chi connectivity index (χ3v) is 2.69. The molecule has 1 amide bonds. The number of hydrogen-bond donors (Lipinski definition) is 1. The summed E-state index contributed by atoms with van der Waals surface area (Å²) >= 11 is 0. The summed E-state index contributed by atoms with van der Waals surface area (Å²) in [6, 6.07) is -0.619. The monoisotopic (exact) mass is 260 g/mol. The van der Waals surface area contributed by atoms with Gasteiger partial charge >= 0.3 is 18.0 Å². The van der Waals surface area contributed by atoms with Crippen molar-refractivity contribution in [2.45, 2.75) is 31.0 Å². The van der Waals surface area contributed by atoms with Gasteiger partial charge in [-0.2, -0.15) is 22.0 Å². The number of amides is 1. The lowest BCUT2D eigenvalue weighted by Gasteiger charge is -2.30. The summed E-state index contributed by atoms with van der Waals surface area (Å²) in [5, 5.41) is 1.75. The Balaban J connectivity index is 2.55. The highest BCUT2D eigenvalue weighted by molar-refractivity contribution is 5.84. The molecule has 0 aromatic carbocycles. The topological polar surface area (TPSA) is 32.3 Å². The molecule has 100 valence electrons. The largest absolute Gasteiger partial charge is 0.463 e. The number of rotatable bonds is 2. The van der Waals surface area contributed by atoms with Crippen LogP contribution in [-0.2, 0) is 4.79 Å². The molecule has 0 spiro atoms. The first-order valence-electron chi connectivity index (χ1n) is 5.08. The van der Waals surface area contributed by atoms with Crippen molar-refractivity contribution in [2.24, 2.45) is 0 Å².